The third-order valence-electron chi connectivity index (χ3n) is 4.57. The van der Waals surface area contributed by atoms with E-state index in [0.717, 1.165) is 24.3 Å². The molecule has 1 amide bonds. The van der Waals surface area contributed by atoms with Crippen LogP contribution in [0.15, 0.2) is 60.2 Å². The number of carbonyl (C=O) groups excluding carboxylic acids is 1. The van der Waals surface area contributed by atoms with E-state index in [9.17, 15) is 20.2 Å². The zero-order chi connectivity index (χ0) is 24.8. The minimum absolute atomic E-state index is 0.0473. The van der Waals surface area contributed by atoms with Gasteiger partial charge in [-0.2, -0.15) is 5.26 Å². The fourth-order valence-electron chi connectivity index (χ4n) is 2.99. The molecule has 0 atom stereocenters. The Kier molecular flexibility index (Phi) is 8.87. The van der Waals surface area contributed by atoms with Crippen LogP contribution in [0.1, 0.15) is 16.7 Å². The van der Waals surface area contributed by atoms with Crippen LogP contribution in [0.5, 0.6) is 5.75 Å². The lowest BCUT2D eigenvalue weighted by Gasteiger charge is -2.12. The molecule has 3 aromatic carbocycles. The van der Waals surface area contributed by atoms with Gasteiger partial charge in [0.15, 0.2) is 0 Å². The van der Waals surface area contributed by atoms with Crippen LogP contribution in [0, 0.1) is 35.5 Å². The third kappa shape index (κ3) is 6.68. The van der Waals surface area contributed by atoms with Crippen molar-refractivity contribution < 1.29 is 14.5 Å². The van der Waals surface area contributed by atoms with E-state index in [4.69, 9.17) is 16.3 Å². The molecule has 0 saturated heterocycles. The molecule has 0 aliphatic carbocycles. The number of nitriles is 1. The highest BCUT2D eigenvalue weighted by atomic mass is 127. The molecule has 0 aromatic heterocycles. The molecular formula is C24H16ClI2N3O4. The molecule has 34 heavy (non-hydrogen) atoms. The fraction of sp³-hybridized carbons (Fsp3) is 0.0833. The van der Waals surface area contributed by atoms with Gasteiger partial charge in [0.2, 0.25) is 0 Å². The van der Waals surface area contributed by atoms with Gasteiger partial charge < -0.3 is 10.1 Å². The number of halogens is 3. The van der Waals surface area contributed by atoms with Gasteiger partial charge in [0.05, 0.1) is 22.8 Å². The van der Waals surface area contributed by atoms with Crippen molar-refractivity contribution in [2.75, 3.05) is 5.32 Å². The fourth-order valence-corrected chi connectivity index (χ4v) is 5.28. The number of carbonyl (C=O) groups is 1. The first-order chi connectivity index (χ1) is 16.2. The summed E-state index contributed by atoms with van der Waals surface area (Å²) in [4.78, 5) is 23.0. The van der Waals surface area contributed by atoms with Crippen LogP contribution in [0.25, 0.3) is 6.08 Å². The Morgan fingerprint density at radius 1 is 1.21 bits per heavy atom. The number of nitro groups is 1. The molecule has 0 saturated carbocycles. The summed E-state index contributed by atoms with van der Waals surface area (Å²) in [5.74, 6) is -0.0131. The summed E-state index contributed by atoms with van der Waals surface area (Å²) in [5.41, 5.74) is 2.48. The Labute approximate surface area is 228 Å². The zero-order valence-electron chi connectivity index (χ0n) is 17.6. The molecule has 7 nitrogen and oxygen atoms in total. The Bertz CT molecular complexity index is 1330. The van der Waals surface area contributed by atoms with Crippen LogP contribution in [-0.2, 0) is 11.4 Å². The van der Waals surface area contributed by atoms with Gasteiger partial charge in [-0.25, -0.2) is 0 Å². The summed E-state index contributed by atoms with van der Waals surface area (Å²) >= 11 is 10.3. The second-order valence-corrected chi connectivity index (χ2v) is 9.87. The van der Waals surface area contributed by atoms with Crippen LogP contribution in [0.2, 0.25) is 5.02 Å². The van der Waals surface area contributed by atoms with Gasteiger partial charge in [0.1, 0.15) is 24.0 Å². The van der Waals surface area contributed by atoms with Gasteiger partial charge in [-0.3, -0.25) is 14.9 Å². The molecule has 10 heteroatoms. The Morgan fingerprint density at radius 3 is 2.53 bits per heavy atom. The molecule has 0 radical (unpaired) electrons. The summed E-state index contributed by atoms with van der Waals surface area (Å²) < 4.78 is 7.66. The maximum Gasteiger partial charge on any atom is 0.271 e. The number of rotatable bonds is 7. The average Bonchev–Trinajstić information content (AvgIpc) is 2.78. The van der Waals surface area contributed by atoms with Crippen molar-refractivity contribution in [3.05, 3.63) is 99.1 Å². The van der Waals surface area contributed by atoms with Crippen molar-refractivity contribution in [2.24, 2.45) is 0 Å². The van der Waals surface area contributed by atoms with Crippen molar-refractivity contribution in [2.45, 2.75) is 13.5 Å². The van der Waals surface area contributed by atoms with E-state index >= 15 is 0 Å². The molecule has 0 aliphatic heterocycles. The minimum Gasteiger partial charge on any atom is -0.487 e. The van der Waals surface area contributed by atoms with Crippen molar-refractivity contribution >= 4 is 80.1 Å². The maximum absolute atomic E-state index is 12.6. The van der Waals surface area contributed by atoms with Crippen molar-refractivity contribution in [3.63, 3.8) is 0 Å². The predicted molar refractivity (Wildman–Crippen MR) is 148 cm³/mol. The van der Waals surface area contributed by atoms with E-state index in [1.54, 1.807) is 12.1 Å². The number of non-ortho nitro benzene ring substituents is 1. The van der Waals surface area contributed by atoms with Gasteiger partial charge in [0.25, 0.3) is 11.6 Å². The first kappa shape index (κ1) is 25.9. The van der Waals surface area contributed by atoms with Crippen LogP contribution >= 0.6 is 56.8 Å². The summed E-state index contributed by atoms with van der Waals surface area (Å²) in [6, 6.07) is 17.2. The third-order valence-corrected chi connectivity index (χ3v) is 6.50. The lowest BCUT2D eigenvalue weighted by Crippen LogP contribution is -2.14. The number of hydrogen-bond acceptors (Lipinski definition) is 5. The Hall–Kier alpha value is -2.69. The number of nitro benzene ring substituents is 1. The van der Waals surface area contributed by atoms with Gasteiger partial charge >= 0.3 is 0 Å². The van der Waals surface area contributed by atoms with E-state index in [1.807, 2.05) is 31.2 Å². The number of amides is 1. The smallest absolute Gasteiger partial charge is 0.271 e. The summed E-state index contributed by atoms with van der Waals surface area (Å²) in [5, 5.41) is 23.1. The van der Waals surface area contributed by atoms with Gasteiger partial charge in [-0.05, 0) is 87.5 Å². The number of ether oxygens (including phenoxy) is 1. The van der Waals surface area contributed by atoms with Gasteiger partial charge in [-0.15, -0.1) is 0 Å². The number of nitrogens with one attached hydrogen (secondary N) is 1. The summed E-state index contributed by atoms with van der Waals surface area (Å²) in [6.07, 6.45) is 1.44. The topological polar surface area (TPSA) is 105 Å². The first-order valence-electron chi connectivity index (χ1n) is 9.72. The number of hydrogen-bond donors (Lipinski definition) is 1. The van der Waals surface area contributed by atoms with Gasteiger partial charge in [-0.1, -0.05) is 41.4 Å². The predicted octanol–water partition coefficient (Wildman–Crippen LogP) is 6.89. The highest BCUT2D eigenvalue weighted by Crippen LogP contribution is 2.31. The zero-order valence-corrected chi connectivity index (χ0v) is 22.7. The number of anilines is 1. The standard InChI is InChI=1S/C24H16ClI2N3O4/c1-14-3-2-4-15(7-14)13-34-23-20(26)9-16(10-21(23)27)8-17(12-28)24(31)29-22-11-18(30(32)33)5-6-19(22)25/h2-11H,13H2,1H3,(H,29,31)/b17-8+. The highest BCUT2D eigenvalue weighted by molar-refractivity contribution is 14.1. The summed E-state index contributed by atoms with van der Waals surface area (Å²) in [7, 11) is 0. The molecule has 3 rings (SSSR count). The monoisotopic (exact) mass is 699 g/mol. The average molecular weight is 700 g/mol. The van der Waals surface area contributed by atoms with E-state index in [2.05, 4.69) is 56.6 Å². The molecule has 3 aromatic rings. The molecule has 1 N–H and O–H groups in total. The molecule has 0 fully saturated rings. The lowest BCUT2D eigenvalue weighted by molar-refractivity contribution is -0.384. The second-order valence-electron chi connectivity index (χ2n) is 7.14. The number of benzene rings is 3. The largest absolute Gasteiger partial charge is 0.487 e. The van der Waals surface area contributed by atoms with E-state index in [-0.39, 0.29) is 22.0 Å². The molecule has 0 aliphatic rings. The first-order valence-corrected chi connectivity index (χ1v) is 12.3. The quantitative estimate of drug-likeness (QED) is 0.0951. The summed E-state index contributed by atoms with van der Waals surface area (Å²) in [6.45, 7) is 2.44. The molecule has 0 bridgehead atoms. The number of nitrogens with zero attached hydrogens (tertiary/aromatic N) is 2. The van der Waals surface area contributed by atoms with Crippen LogP contribution in [-0.4, -0.2) is 10.8 Å². The Morgan fingerprint density at radius 2 is 1.91 bits per heavy atom. The van der Waals surface area contributed by atoms with Crippen molar-refractivity contribution in [1.29, 1.82) is 5.26 Å². The molecule has 0 unspecified atom stereocenters. The second kappa shape index (κ2) is 11.6. The maximum atomic E-state index is 12.6. The van der Waals surface area contributed by atoms with E-state index in [1.165, 1.54) is 18.2 Å². The van der Waals surface area contributed by atoms with Crippen molar-refractivity contribution in [1.82, 2.24) is 0 Å². The van der Waals surface area contributed by atoms with Crippen LogP contribution < -0.4 is 10.1 Å². The lowest BCUT2D eigenvalue weighted by atomic mass is 10.1. The minimum atomic E-state index is -0.727. The van der Waals surface area contributed by atoms with Crippen LogP contribution in [0.3, 0.4) is 0 Å². The van der Waals surface area contributed by atoms with E-state index in [0.29, 0.717) is 17.9 Å². The Balaban J connectivity index is 1.80. The molecule has 0 heterocycles. The van der Waals surface area contributed by atoms with Gasteiger partial charge in [0, 0.05) is 12.1 Å². The van der Waals surface area contributed by atoms with E-state index < -0.39 is 10.8 Å². The number of aryl methyl sites for hydroxylation is 1. The molecular weight excluding hydrogens is 684 g/mol. The molecule has 0 spiro atoms. The molecule has 172 valence electrons. The van der Waals surface area contributed by atoms with Crippen LogP contribution in [0.4, 0.5) is 11.4 Å². The highest BCUT2D eigenvalue weighted by Gasteiger charge is 2.16. The normalized spacial score (nSPS) is 11.0. The SMILES string of the molecule is Cc1cccc(COc2c(I)cc(/C=C(\C#N)C(=O)Nc3cc([N+](=O)[O-])ccc3Cl)cc2I)c1. The van der Waals surface area contributed by atoms with Crippen molar-refractivity contribution in [3.8, 4) is 11.8 Å².